The van der Waals surface area contributed by atoms with E-state index in [4.69, 9.17) is 9.84 Å². The van der Waals surface area contributed by atoms with Gasteiger partial charge in [-0.3, -0.25) is 14.8 Å². The molecule has 0 radical (unpaired) electrons. The molecule has 2 N–H and O–H groups in total. The lowest BCUT2D eigenvalue weighted by Crippen LogP contribution is -2.36. The van der Waals surface area contributed by atoms with Crippen molar-refractivity contribution in [2.24, 2.45) is 0 Å². The predicted octanol–water partition coefficient (Wildman–Crippen LogP) is 6.27. The highest BCUT2D eigenvalue weighted by Gasteiger charge is 2.41. The van der Waals surface area contributed by atoms with Crippen molar-refractivity contribution in [2.75, 3.05) is 5.32 Å². The second kappa shape index (κ2) is 10.2. The largest absolute Gasteiger partial charge is 0.491 e. The van der Waals surface area contributed by atoms with Gasteiger partial charge in [0.05, 0.1) is 28.9 Å². The number of carbonyl (C=O) groups is 1. The molecule has 2 aromatic carbocycles. The Morgan fingerprint density at radius 1 is 1.05 bits per heavy atom. The summed E-state index contributed by atoms with van der Waals surface area (Å²) in [5.74, 6) is 0.300. The lowest BCUT2D eigenvalue weighted by atomic mass is 9.90. The third kappa shape index (κ3) is 6.33. The molecule has 198 valence electrons. The summed E-state index contributed by atoms with van der Waals surface area (Å²) in [5.41, 5.74) is 1.17. The van der Waals surface area contributed by atoms with E-state index in [9.17, 15) is 18.0 Å². The Morgan fingerprint density at radius 2 is 1.70 bits per heavy atom. The molecule has 0 spiro atoms. The fourth-order valence-electron chi connectivity index (χ4n) is 4.50. The minimum atomic E-state index is -4.41. The van der Waals surface area contributed by atoms with E-state index in [1.807, 2.05) is 51.6 Å². The number of rotatable bonds is 6. The molecule has 0 unspecified atom stereocenters. The molecule has 3 aromatic rings. The summed E-state index contributed by atoms with van der Waals surface area (Å²) in [7, 11) is 0. The van der Waals surface area contributed by atoms with Gasteiger partial charge in [-0.1, -0.05) is 12.1 Å². The van der Waals surface area contributed by atoms with Crippen LogP contribution < -0.4 is 15.4 Å². The molecule has 0 bridgehead atoms. The van der Waals surface area contributed by atoms with Gasteiger partial charge in [-0.2, -0.15) is 18.3 Å². The Kier molecular flexibility index (Phi) is 7.37. The first kappa shape index (κ1) is 26.7. The number of halogens is 3. The van der Waals surface area contributed by atoms with Gasteiger partial charge in [0, 0.05) is 23.8 Å². The average molecular weight is 515 g/mol. The molecule has 1 aliphatic heterocycles. The van der Waals surface area contributed by atoms with Crippen LogP contribution in [-0.4, -0.2) is 27.8 Å². The van der Waals surface area contributed by atoms with Crippen molar-refractivity contribution in [2.45, 2.75) is 76.9 Å². The molecule has 1 amide bonds. The number of aromatic nitrogens is 2. The Bertz CT molecular complexity index is 1210. The summed E-state index contributed by atoms with van der Waals surface area (Å²) in [6.07, 6.45) is -2.02. The lowest BCUT2D eigenvalue weighted by Gasteiger charge is -2.21. The van der Waals surface area contributed by atoms with Gasteiger partial charge in [0.2, 0.25) is 5.91 Å². The summed E-state index contributed by atoms with van der Waals surface area (Å²) < 4.78 is 46.9. The maximum absolute atomic E-state index is 13.2. The van der Waals surface area contributed by atoms with Gasteiger partial charge in [0.25, 0.3) is 0 Å². The van der Waals surface area contributed by atoms with E-state index in [-0.39, 0.29) is 29.5 Å². The van der Waals surface area contributed by atoms with E-state index in [1.165, 1.54) is 12.1 Å². The van der Waals surface area contributed by atoms with Crippen LogP contribution in [0.1, 0.15) is 69.8 Å². The van der Waals surface area contributed by atoms with Crippen LogP contribution in [0, 0.1) is 0 Å². The quantitative estimate of drug-likeness (QED) is 0.407. The van der Waals surface area contributed by atoms with Gasteiger partial charge >= 0.3 is 6.18 Å². The molecule has 0 saturated carbocycles. The fourth-order valence-corrected chi connectivity index (χ4v) is 4.50. The van der Waals surface area contributed by atoms with Gasteiger partial charge < -0.3 is 10.1 Å². The van der Waals surface area contributed by atoms with Gasteiger partial charge in [-0.05, 0) is 89.1 Å². The van der Waals surface area contributed by atoms with Gasteiger partial charge in [0.1, 0.15) is 5.75 Å². The standard InChI is InChI=1S/C28H33F3N4O2/c1-17(2)37-21-12-10-20(11-13-21)32-26(36)24-16-22(23-14-15-35(34-23)27(3,4)5)25(33-24)18-6-8-19(9-7-18)28(29,30)31/h6-15,17,22,24-25,33H,16H2,1-5H3,(H,32,36)/t22-,24-,25-/m0/s1. The molecule has 2 heterocycles. The third-order valence-corrected chi connectivity index (χ3v) is 6.36. The van der Waals surface area contributed by atoms with Crippen LogP contribution >= 0.6 is 0 Å². The Balaban J connectivity index is 1.56. The van der Waals surface area contributed by atoms with Crippen LogP contribution in [0.25, 0.3) is 0 Å². The normalized spacial score (nSPS) is 20.3. The molecule has 0 aliphatic carbocycles. The number of ether oxygens (including phenoxy) is 1. The lowest BCUT2D eigenvalue weighted by molar-refractivity contribution is -0.137. The van der Waals surface area contributed by atoms with E-state index >= 15 is 0 Å². The minimum Gasteiger partial charge on any atom is -0.491 e. The van der Waals surface area contributed by atoms with Crippen LogP contribution in [0.2, 0.25) is 0 Å². The highest BCUT2D eigenvalue weighted by Crippen LogP contribution is 2.41. The number of amides is 1. The number of benzene rings is 2. The number of carbonyl (C=O) groups excluding carboxylic acids is 1. The first-order valence-electron chi connectivity index (χ1n) is 12.4. The summed E-state index contributed by atoms with van der Waals surface area (Å²) in [6.45, 7) is 10.00. The van der Waals surface area contributed by atoms with Crippen LogP contribution in [0.5, 0.6) is 5.75 Å². The van der Waals surface area contributed by atoms with Gasteiger partial charge in [0.15, 0.2) is 0 Å². The molecule has 1 aliphatic rings. The van der Waals surface area contributed by atoms with Crippen LogP contribution in [0.4, 0.5) is 18.9 Å². The predicted molar refractivity (Wildman–Crippen MR) is 137 cm³/mol. The number of nitrogens with zero attached hydrogens (tertiary/aromatic N) is 2. The smallest absolute Gasteiger partial charge is 0.416 e. The zero-order valence-corrected chi connectivity index (χ0v) is 21.6. The molecule has 3 atom stereocenters. The zero-order valence-electron chi connectivity index (χ0n) is 21.6. The maximum atomic E-state index is 13.2. The van der Waals surface area contributed by atoms with Crippen LogP contribution in [-0.2, 0) is 16.5 Å². The van der Waals surface area contributed by atoms with Crippen molar-refractivity contribution >= 4 is 11.6 Å². The third-order valence-electron chi connectivity index (χ3n) is 6.36. The second-order valence-electron chi connectivity index (χ2n) is 10.7. The van der Waals surface area contributed by atoms with Gasteiger partial charge in [-0.25, -0.2) is 0 Å². The van der Waals surface area contributed by atoms with Crippen molar-refractivity contribution < 1.29 is 22.7 Å². The molecular formula is C28H33F3N4O2. The Morgan fingerprint density at radius 3 is 2.24 bits per heavy atom. The minimum absolute atomic E-state index is 0.0453. The first-order chi connectivity index (χ1) is 17.3. The van der Waals surface area contributed by atoms with E-state index in [1.54, 1.807) is 24.3 Å². The molecular weight excluding hydrogens is 481 g/mol. The molecule has 1 aromatic heterocycles. The van der Waals surface area contributed by atoms with Crippen LogP contribution in [0.3, 0.4) is 0 Å². The van der Waals surface area contributed by atoms with Crippen LogP contribution in [0.15, 0.2) is 60.8 Å². The molecule has 1 fully saturated rings. The SMILES string of the molecule is CC(C)Oc1ccc(NC(=O)[C@@H]2C[C@@H](c3ccn(C(C)(C)C)n3)[C@H](c3ccc(C(F)(F)F)cc3)N2)cc1. The van der Waals surface area contributed by atoms with Crippen molar-refractivity contribution in [3.05, 3.63) is 77.6 Å². The zero-order chi connectivity index (χ0) is 27.0. The number of anilines is 1. The number of hydrogen-bond donors (Lipinski definition) is 2. The van der Waals surface area contributed by atoms with E-state index < -0.39 is 17.8 Å². The topological polar surface area (TPSA) is 68.2 Å². The highest BCUT2D eigenvalue weighted by atomic mass is 19.4. The molecule has 1 saturated heterocycles. The van der Waals surface area contributed by atoms with E-state index in [0.29, 0.717) is 23.4 Å². The van der Waals surface area contributed by atoms with E-state index in [2.05, 4.69) is 10.6 Å². The Labute approximate surface area is 215 Å². The molecule has 37 heavy (non-hydrogen) atoms. The maximum Gasteiger partial charge on any atom is 0.416 e. The van der Waals surface area contributed by atoms with Gasteiger partial charge in [-0.15, -0.1) is 0 Å². The van der Waals surface area contributed by atoms with Crippen molar-refractivity contribution in [1.82, 2.24) is 15.1 Å². The fraction of sp³-hybridized carbons (Fsp3) is 0.429. The number of hydrogen-bond acceptors (Lipinski definition) is 4. The molecule has 9 heteroatoms. The van der Waals surface area contributed by atoms with Crippen molar-refractivity contribution in [3.63, 3.8) is 0 Å². The number of alkyl halides is 3. The van der Waals surface area contributed by atoms with E-state index in [0.717, 1.165) is 17.8 Å². The Hall–Kier alpha value is -3.33. The summed E-state index contributed by atoms with van der Waals surface area (Å²) in [6, 6.07) is 13.3. The number of nitrogens with one attached hydrogen (secondary N) is 2. The molecule has 4 rings (SSSR count). The summed E-state index contributed by atoms with van der Waals surface area (Å²) in [4.78, 5) is 13.2. The second-order valence-corrected chi connectivity index (χ2v) is 10.7. The molecule has 6 nitrogen and oxygen atoms in total. The highest BCUT2D eigenvalue weighted by molar-refractivity contribution is 5.95. The average Bonchev–Trinajstić information content (AvgIpc) is 3.47. The summed E-state index contributed by atoms with van der Waals surface area (Å²) in [5, 5.41) is 11.0. The summed E-state index contributed by atoms with van der Waals surface area (Å²) >= 11 is 0. The monoisotopic (exact) mass is 514 g/mol. The van der Waals surface area contributed by atoms with Crippen molar-refractivity contribution in [1.29, 1.82) is 0 Å². The first-order valence-corrected chi connectivity index (χ1v) is 12.4. The van der Waals surface area contributed by atoms with Crippen molar-refractivity contribution in [3.8, 4) is 5.75 Å².